The van der Waals surface area contributed by atoms with E-state index in [1.165, 1.54) is 11.0 Å². The van der Waals surface area contributed by atoms with Gasteiger partial charge in [-0.1, -0.05) is 5.16 Å². The van der Waals surface area contributed by atoms with E-state index >= 15 is 0 Å². The molecule has 2 aromatic rings. The second kappa shape index (κ2) is 3.41. The van der Waals surface area contributed by atoms with E-state index in [0.29, 0.717) is 18.4 Å². The maximum atomic E-state index is 8.56. The summed E-state index contributed by atoms with van der Waals surface area (Å²) in [5.41, 5.74) is 0. The van der Waals surface area contributed by atoms with Gasteiger partial charge in [0.05, 0.1) is 0 Å². The minimum Gasteiger partial charge on any atom is -0.337 e. The summed E-state index contributed by atoms with van der Waals surface area (Å²) in [4.78, 5) is 8.04. The Morgan fingerprint density at radius 1 is 1.56 bits per heavy atom. The molecule has 0 spiro atoms. The SMILES string of the molecule is N#Cc1ncn(Cc2nc(C3CC3)no2)n1. The predicted molar refractivity (Wildman–Crippen MR) is 50.1 cm³/mol. The first kappa shape index (κ1) is 9.03. The fraction of sp³-hybridized carbons (Fsp3) is 0.444. The molecule has 2 aromatic heterocycles. The molecule has 0 saturated heterocycles. The van der Waals surface area contributed by atoms with E-state index in [1.807, 2.05) is 6.07 Å². The van der Waals surface area contributed by atoms with Crippen molar-refractivity contribution in [3.05, 3.63) is 23.9 Å². The molecule has 1 aliphatic rings. The first-order valence-electron chi connectivity index (χ1n) is 4.97. The van der Waals surface area contributed by atoms with Crippen LogP contribution in [0.1, 0.15) is 36.3 Å². The van der Waals surface area contributed by atoms with Crippen molar-refractivity contribution in [2.75, 3.05) is 0 Å². The van der Waals surface area contributed by atoms with Gasteiger partial charge in [-0.05, 0) is 12.8 Å². The lowest BCUT2D eigenvalue weighted by atomic mass is 10.4. The molecule has 0 atom stereocenters. The lowest BCUT2D eigenvalue weighted by molar-refractivity contribution is 0.361. The van der Waals surface area contributed by atoms with Gasteiger partial charge in [0.15, 0.2) is 5.82 Å². The van der Waals surface area contributed by atoms with Crippen LogP contribution >= 0.6 is 0 Å². The van der Waals surface area contributed by atoms with Gasteiger partial charge in [0.25, 0.3) is 5.82 Å². The van der Waals surface area contributed by atoms with Gasteiger partial charge in [0.1, 0.15) is 18.9 Å². The third-order valence-electron chi connectivity index (χ3n) is 2.36. The van der Waals surface area contributed by atoms with Crippen molar-refractivity contribution >= 4 is 0 Å². The highest BCUT2D eigenvalue weighted by Gasteiger charge is 2.28. The second-order valence-electron chi connectivity index (χ2n) is 3.70. The Balaban J connectivity index is 1.75. The van der Waals surface area contributed by atoms with Gasteiger partial charge in [0, 0.05) is 5.92 Å². The molecule has 1 aliphatic carbocycles. The van der Waals surface area contributed by atoms with Gasteiger partial charge in [-0.2, -0.15) is 10.2 Å². The number of hydrogen-bond donors (Lipinski definition) is 0. The lowest BCUT2D eigenvalue weighted by Crippen LogP contribution is -2.01. The van der Waals surface area contributed by atoms with E-state index in [0.717, 1.165) is 18.7 Å². The summed E-state index contributed by atoms with van der Waals surface area (Å²) in [6.07, 6.45) is 3.75. The molecule has 0 unspecified atom stereocenters. The third-order valence-corrected chi connectivity index (χ3v) is 2.36. The predicted octanol–water partition coefficient (Wildman–Crippen LogP) is 0.458. The largest absolute Gasteiger partial charge is 0.337 e. The Kier molecular flexibility index (Phi) is 1.93. The van der Waals surface area contributed by atoms with Gasteiger partial charge in [0.2, 0.25) is 5.89 Å². The molecular weight excluding hydrogens is 208 g/mol. The number of hydrogen-bond acceptors (Lipinski definition) is 6. The van der Waals surface area contributed by atoms with Crippen LogP contribution in [0, 0.1) is 11.3 Å². The molecule has 0 N–H and O–H groups in total. The monoisotopic (exact) mass is 216 g/mol. The molecule has 1 saturated carbocycles. The van der Waals surface area contributed by atoms with Gasteiger partial charge >= 0.3 is 0 Å². The molecule has 80 valence electrons. The standard InChI is InChI=1S/C9H8N6O/c10-3-7-11-5-15(13-7)4-8-12-9(14-16-8)6-1-2-6/h5-6H,1-2,4H2. The Morgan fingerprint density at radius 3 is 3.12 bits per heavy atom. The Bertz CT molecular complexity index is 546. The van der Waals surface area contributed by atoms with Crippen LogP contribution in [0.3, 0.4) is 0 Å². The molecule has 1 fully saturated rings. The number of nitriles is 1. The summed E-state index contributed by atoms with van der Waals surface area (Å²) in [7, 11) is 0. The van der Waals surface area contributed by atoms with E-state index < -0.39 is 0 Å². The molecule has 7 nitrogen and oxygen atoms in total. The first-order valence-corrected chi connectivity index (χ1v) is 4.97. The van der Waals surface area contributed by atoms with E-state index in [2.05, 4.69) is 20.2 Å². The molecule has 0 amide bonds. The van der Waals surface area contributed by atoms with Crippen molar-refractivity contribution < 1.29 is 4.52 Å². The maximum absolute atomic E-state index is 8.56. The molecule has 2 heterocycles. The Morgan fingerprint density at radius 2 is 2.44 bits per heavy atom. The molecule has 0 bridgehead atoms. The van der Waals surface area contributed by atoms with Crippen LogP contribution in [-0.4, -0.2) is 24.9 Å². The van der Waals surface area contributed by atoms with Crippen LogP contribution in [0.15, 0.2) is 10.9 Å². The summed E-state index contributed by atoms with van der Waals surface area (Å²) in [6, 6.07) is 1.86. The molecule has 7 heteroatoms. The Labute approximate surface area is 90.7 Å². The fourth-order valence-corrected chi connectivity index (χ4v) is 1.40. The smallest absolute Gasteiger partial charge is 0.252 e. The molecule has 0 aliphatic heterocycles. The lowest BCUT2D eigenvalue weighted by Gasteiger charge is -1.91. The Hall–Kier alpha value is -2.23. The van der Waals surface area contributed by atoms with Crippen molar-refractivity contribution in [2.24, 2.45) is 0 Å². The van der Waals surface area contributed by atoms with E-state index in [-0.39, 0.29) is 5.82 Å². The van der Waals surface area contributed by atoms with Crippen molar-refractivity contribution in [2.45, 2.75) is 25.3 Å². The molecule has 3 rings (SSSR count). The summed E-state index contributed by atoms with van der Waals surface area (Å²) < 4.78 is 6.58. The first-order chi connectivity index (χ1) is 7.85. The van der Waals surface area contributed by atoms with Gasteiger partial charge in [-0.3, -0.25) is 0 Å². The zero-order valence-electron chi connectivity index (χ0n) is 8.37. The maximum Gasteiger partial charge on any atom is 0.252 e. The van der Waals surface area contributed by atoms with Gasteiger partial charge < -0.3 is 4.52 Å². The zero-order chi connectivity index (χ0) is 11.0. The highest BCUT2D eigenvalue weighted by Crippen LogP contribution is 2.38. The van der Waals surface area contributed by atoms with Crippen molar-refractivity contribution in [3.63, 3.8) is 0 Å². The normalized spacial score (nSPS) is 14.9. The molecule has 0 aromatic carbocycles. The van der Waals surface area contributed by atoms with Crippen LogP contribution in [0.5, 0.6) is 0 Å². The number of aromatic nitrogens is 5. The summed E-state index contributed by atoms with van der Waals surface area (Å²) in [5.74, 6) is 1.89. The topological polar surface area (TPSA) is 93.4 Å². The van der Waals surface area contributed by atoms with E-state index in [9.17, 15) is 0 Å². The summed E-state index contributed by atoms with van der Waals surface area (Å²) in [6.45, 7) is 0.356. The van der Waals surface area contributed by atoms with E-state index in [4.69, 9.17) is 9.78 Å². The van der Waals surface area contributed by atoms with Crippen LogP contribution in [0.4, 0.5) is 0 Å². The van der Waals surface area contributed by atoms with Crippen molar-refractivity contribution in [1.82, 2.24) is 24.9 Å². The van der Waals surface area contributed by atoms with Crippen LogP contribution < -0.4 is 0 Å². The highest BCUT2D eigenvalue weighted by atomic mass is 16.5. The molecule has 0 radical (unpaired) electrons. The average molecular weight is 216 g/mol. The third kappa shape index (κ3) is 1.65. The van der Waals surface area contributed by atoms with Crippen LogP contribution in [0.25, 0.3) is 0 Å². The van der Waals surface area contributed by atoms with Gasteiger partial charge in [-0.25, -0.2) is 9.67 Å². The average Bonchev–Trinajstić information content (AvgIpc) is 2.88. The molecular formula is C9H8N6O. The minimum atomic E-state index is 0.141. The van der Waals surface area contributed by atoms with Crippen LogP contribution in [-0.2, 0) is 6.54 Å². The van der Waals surface area contributed by atoms with Crippen LogP contribution in [0.2, 0.25) is 0 Å². The summed E-state index contributed by atoms with van der Waals surface area (Å²) in [5, 5.41) is 16.4. The minimum absolute atomic E-state index is 0.141. The second-order valence-corrected chi connectivity index (χ2v) is 3.70. The van der Waals surface area contributed by atoms with E-state index in [1.54, 1.807) is 0 Å². The quantitative estimate of drug-likeness (QED) is 0.739. The van der Waals surface area contributed by atoms with Crippen molar-refractivity contribution in [3.8, 4) is 6.07 Å². The number of rotatable bonds is 3. The molecule has 16 heavy (non-hydrogen) atoms. The zero-order valence-corrected chi connectivity index (χ0v) is 8.37. The number of nitrogens with zero attached hydrogens (tertiary/aromatic N) is 6. The fourth-order valence-electron chi connectivity index (χ4n) is 1.40. The van der Waals surface area contributed by atoms with Crippen molar-refractivity contribution in [1.29, 1.82) is 5.26 Å². The van der Waals surface area contributed by atoms with Gasteiger partial charge in [-0.15, -0.1) is 5.10 Å². The highest BCUT2D eigenvalue weighted by molar-refractivity contribution is 5.06. The summed E-state index contributed by atoms with van der Waals surface area (Å²) >= 11 is 0.